The first-order valence-corrected chi connectivity index (χ1v) is 11.6. The molecule has 10 heteroatoms. The fourth-order valence-electron chi connectivity index (χ4n) is 4.36. The predicted molar refractivity (Wildman–Crippen MR) is 133 cm³/mol. The zero-order chi connectivity index (χ0) is 24.4. The largest absolute Gasteiger partial charge is 0.494 e. The van der Waals surface area contributed by atoms with Crippen LogP contribution in [0.25, 0.3) is 17.0 Å². The average Bonchev–Trinajstić information content (AvgIpc) is 3.29. The fourth-order valence-corrected chi connectivity index (χ4v) is 4.36. The Labute approximate surface area is 202 Å². The summed E-state index contributed by atoms with van der Waals surface area (Å²) >= 11 is 0. The van der Waals surface area contributed by atoms with Gasteiger partial charge in [-0.1, -0.05) is 0 Å². The number of aliphatic hydroxyl groups is 1. The van der Waals surface area contributed by atoms with Gasteiger partial charge in [-0.15, -0.1) is 0 Å². The number of methoxy groups -OCH3 is 1. The average molecular weight is 478 g/mol. The summed E-state index contributed by atoms with van der Waals surface area (Å²) in [7, 11) is 1.64. The number of anilines is 3. The first-order valence-electron chi connectivity index (χ1n) is 11.6. The third-order valence-electron chi connectivity index (χ3n) is 6.27. The Balaban J connectivity index is 1.39. The van der Waals surface area contributed by atoms with Gasteiger partial charge in [-0.2, -0.15) is 0 Å². The van der Waals surface area contributed by atoms with Gasteiger partial charge in [0.15, 0.2) is 0 Å². The zero-order valence-corrected chi connectivity index (χ0v) is 19.8. The van der Waals surface area contributed by atoms with E-state index in [1.165, 1.54) is 12.3 Å². The van der Waals surface area contributed by atoms with Crippen LogP contribution in [0.3, 0.4) is 0 Å². The summed E-state index contributed by atoms with van der Waals surface area (Å²) in [5.74, 6) is 0.741. The Morgan fingerprint density at radius 2 is 1.91 bits per heavy atom. The number of β-amino-alcohol motifs (C(OH)–C–C–N with tert-alkyl or cyclic N) is 1. The van der Waals surface area contributed by atoms with Gasteiger partial charge < -0.3 is 20.1 Å². The molecule has 182 valence electrons. The van der Waals surface area contributed by atoms with E-state index in [4.69, 9.17) is 14.8 Å². The van der Waals surface area contributed by atoms with Gasteiger partial charge in [-0.3, -0.25) is 9.30 Å². The maximum atomic E-state index is 13.9. The molecule has 0 bridgehead atoms. The van der Waals surface area contributed by atoms with Crippen LogP contribution >= 0.6 is 0 Å². The molecule has 2 N–H and O–H groups in total. The van der Waals surface area contributed by atoms with Crippen LogP contribution in [0.4, 0.5) is 21.7 Å². The molecule has 3 aromatic heterocycles. The molecule has 0 aliphatic carbocycles. The standard InChI is InChI=1S/C25H28FN7O2/c1-17-14-28-25(30-24(17)21-15-27-23-6-3-18(26)16-33(21)23)29-20-5-4-19(13-22(20)35-2)32-9-7-31(8-10-32)11-12-34/h3-6,13-16,34H,7-12H2,1-2H3,(H,28,29,30). The number of aliphatic hydroxyl groups excluding tert-OH is 1. The lowest BCUT2D eigenvalue weighted by atomic mass is 10.2. The molecule has 4 aromatic rings. The first-order chi connectivity index (χ1) is 17.1. The number of nitrogens with zero attached hydrogens (tertiary/aromatic N) is 6. The van der Waals surface area contributed by atoms with Gasteiger partial charge in [0.2, 0.25) is 5.95 Å². The number of fused-ring (bicyclic) bond motifs is 1. The molecule has 0 unspecified atom stereocenters. The van der Waals surface area contributed by atoms with Crippen LogP contribution in [0, 0.1) is 12.7 Å². The number of halogens is 1. The van der Waals surface area contributed by atoms with Gasteiger partial charge in [0.25, 0.3) is 0 Å². The molecule has 4 heterocycles. The highest BCUT2D eigenvalue weighted by atomic mass is 19.1. The van der Waals surface area contributed by atoms with E-state index in [1.807, 2.05) is 19.1 Å². The Bertz CT molecular complexity index is 1330. The topological polar surface area (TPSA) is 91.0 Å². The molecule has 1 saturated heterocycles. The summed E-state index contributed by atoms with van der Waals surface area (Å²) in [6, 6.07) is 9.03. The van der Waals surface area contributed by atoms with Gasteiger partial charge in [-0.25, -0.2) is 19.3 Å². The van der Waals surface area contributed by atoms with Crippen molar-refractivity contribution >= 4 is 23.0 Å². The monoisotopic (exact) mass is 477 g/mol. The van der Waals surface area contributed by atoms with Crippen molar-refractivity contribution in [1.82, 2.24) is 24.3 Å². The van der Waals surface area contributed by atoms with Gasteiger partial charge >= 0.3 is 0 Å². The number of piperazine rings is 1. The number of pyridine rings is 1. The summed E-state index contributed by atoms with van der Waals surface area (Å²) in [4.78, 5) is 18.1. The number of hydrogen-bond acceptors (Lipinski definition) is 8. The molecule has 9 nitrogen and oxygen atoms in total. The number of benzene rings is 1. The molecule has 0 amide bonds. The molecule has 1 aromatic carbocycles. The van der Waals surface area contributed by atoms with Gasteiger partial charge in [0.05, 0.1) is 37.0 Å². The predicted octanol–water partition coefficient (Wildman–Crippen LogP) is 3.11. The Morgan fingerprint density at radius 1 is 1.09 bits per heavy atom. The van der Waals surface area contributed by atoms with Gasteiger partial charge in [0.1, 0.15) is 17.2 Å². The third kappa shape index (κ3) is 4.75. The lowest BCUT2D eigenvalue weighted by molar-refractivity contribution is 0.189. The highest BCUT2D eigenvalue weighted by Gasteiger charge is 2.19. The van der Waals surface area contributed by atoms with Crippen molar-refractivity contribution in [3.63, 3.8) is 0 Å². The Hall–Kier alpha value is -3.76. The number of imidazole rings is 1. The summed E-state index contributed by atoms with van der Waals surface area (Å²) in [6.45, 7) is 6.41. The maximum absolute atomic E-state index is 13.9. The molecule has 5 rings (SSSR count). The van der Waals surface area contributed by atoms with Crippen LogP contribution in [0.1, 0.15) is 5.56 Å². The summed E-state index contributed by atoms with van der Waals surface area (Å²) in [5, 5.41) is 12.4. The number of ether oxygens (including phenoxy) is 1. The van der Waals surface area contributed by atoms with Crippen LogP contribution in [-0.4, -0.2) is 75.8 Å². The minimum atomic E-state index is -0.346. The van der Waals surface area contributed by atoms with E-state index in [-0.39, 0.29) is 12.4 Å². The summed E-state index contributed by atoms with van der Waals surface area (Å²) in [6.07, 6.45) is 4.82. The number of aromatic nitrogens is 4. The normalized spacial score (nSPS) is 14.5. The van der Waals surface area contributed by atoms with Crippen molar-refractivity contribution in [3.05, 3.63) is 60.3 Å². The van der Waals surface area contributed by atoms with E-state index >= 15 is 0 Å². The molecule has 1 aliphatic heterocycles. The molecule has 1 aliphatic rings. The lowest BCUT2D eigenvalue weighted by Gasteiger charge is -2.36. The highest BCUT2D eigenvalue weighted by molar-refractivity contribution is 5.70. The Morgan fingerprint density at radius 3 is 2.69 bits per heavy atom. The van der Waals surface area contributed by atoms with Crippen LogP contribution in [-0.2, 0) is 0 Å². The minimum Gasteiger partial charge on any atom is -0.494 e. The molecular weight excluding hydrogens is 449 g/mol. The molecule has 0 atom stereocenters. The third-order valence-corrected chi connectivity index (χ3v) is 6.27. The Kier molecular flexibility index (Phi) is 6.47. The highest BCUT2D eigenvalue weighted by Crippen LogP contribution is 2.32. The van der Waals surface area contributed by atoms with E-state index in [9.17, 15) is 4.39 Å². The number of aryl methyl sites for hydroxylation is 1. The number of rotatable bonds is 7. The number of nitrogens with one attached hydrogen (secondary N) is 1. The van der Waals surface area contributed by atoms with Crippen LogP contribution < -0.4 is 15.0 Å². The molecule has 0 spiro atoms. The quantitative estimate of drug-likeness (QED) is 0.420. The van der Waals surface area contributed by atoms with Crippen molar-refractivity contribution in [2.24, 2.45) is 0 Å². The van der Waals surface area contributed by atoms with E-state index in [0.29, 0.717) is 35.3 Å². The smallest absolute Gasteiger partial charge is 0.227 e. The molecule has 0 saturated carbocycles. The van der Waals surface area contributed by atoms with Crippen molar-refractivity contribution in [1.29, 1.82) is 0 Å². The second kappa shape index (κ2) is 9.85. The molecular formula is C25H28FN7O2. The van der Waals surface area contributed by atoms with E-state index in [1.54, 1.807) is 30.0 Å². The van der Waals surface area contributed by atoms with Gasteiger partial charge in [0, 0.05) is 56.9 Å². The maximum Gasteiger partial charge on any atom is 0.227 e. The van der Waals surface area contributed by atoms with E-state index in [0.717, 1.165) is 43.1 Å². The van der Waals surface area contributed by atoms with Crippen LogP contribution in [0.2, 0.25) is 0 Å². The van der Waals surface area contributed by atoms with Crippen molar-refractivity contribution in [3.8, 4) is 17.1 Å². The van der Waals surface area contributed by atoms with Crippen molar-refractivity contribution in [2.45, 2.75) is 6.92 Å². The second-order valence-corrected chi connectivity index (χ2v) is 8.51. The molecule has 1 fully saturated rings. The van der Waals surface area contributed by atoms with E-state index in [2.05, 4.69) is 31.2 Å². The van der Waals surface area contributed by atoms with Crippen molar-refractivity contribution in [2.75, 3.05) is 56.7 Å². The van der Waals surface area contributed by atoms with Crippen LogP contribution in [0.15, 0.2) is 48.9 Å². The van der Waals surface area contributed by atoms with Crippen molar-refractivity contribution < 1.29 is 14.2 Å². The van der Waals surface area contributed by atoms with Crippen LogP contribution in [0.5, 0.6) is 5.75 Å². The first kappa shape index (κ1) is 23.0. The summed E-state index contributed by atoms with van der Waals surface area (Å²) < 4.78 is 21.2. The van der Waals surface area contributed by atoms with Gasteiger partial charge in [-0.05, 0) is 36.8 Å². The SMILES string of the molecule is COc1cc(N2CCN(CCO)CC2)ccc1Nc1ncc(C)c(-c2cnc3ccc(F)cn23)n1. The second-order valence-electron chi connectivity index (χ2n) is 8.51. The fraction of sp³-hybridized carbons (Fsp3) is 0.320. The lowest BCUT2D eigenvalue weighted by Crippen LogP contribution is -2.47. The minimum absolute atomic E-state index is 0.186. The van der Waals surface area contributed by atoms with E-state index < -0.39 is 0 Å². The number of hydrogen-bond donors (Lipinski definition) is 2. The summed E-state index contributed by atoms with van der Waals surface area (Å²) in [5.41, 5.74) is 4.66. The molecule has 0 radical (unpaired) electrons. The molecule has 35 heavy (non-hydrogen) atoms. The zero-order valence-electron chi connectivity index (χ0n) is 19.8.